The Hall–Kier alpha value is -1.76. The molecular formula is C22H31N. The fourth-order valence-electron chi connectivity index (χ4n) is 2.90. The van der Waals surface area contributed by atoms with Crippen LogP contribution in [0.15, 0.2) is 36.4 Å². The molecule has 0 saturated heterocycles. The summed E-state index contributed by atoms with van der Waals surface area (Å²) in [5, 5.41) is 0. The van der Waals surface area contributed by atoms with Crippen molar-refractivity contribution in [1.29, 1.82) is 0 Å². The molecule has 2 rings (SSSR count). The third-order valence-corrected chi connectivity index (χ3v) is 4.60. The van der Waals surface area contributed by atoms with Gasteiger partial charge in [0, 0.05) is 17.9 Å². The maximum absolute atomic E-state index is 2.48. The number of aryl methyl sites for hydroxylation is 3. The lowest BCUT2D eigenvalue weighted by molar-refractivity contribution is 0.783. The molecule has 0 N–H and O–H groups in total. The number of rotatable bonds is 6. The molecule has 0 aliphatic carbocycles. The Morgan fingerprint density at radius 2 is 1.61 bits per heavy atom. The Balaban J connectivity index is 2.47. The molecule has 0 heterocycles. The van der Waals surface area contributed by atoms with Gasteiger partial charge in [0.2, 0.25) is 0 Å². The van der Waals surface area contributed by atoms with Gasteiger partial charge in [-0.25, -0.2) is 0 Å². The molecule has 0 aliphatic rings. The molecule has 0 spiro atoms. The average Bonchev–Trinajstić information content (AvgIpc) is 2.50. The number of hydrogen-bond donors (Lipinski definition) is 0. The molecule has 0 unspecified atom stereocenters. The zero-order chi connectivity index (χ0) is 17.0. The van der Waals surface area contributed by atoms with Gasteiger partial charge in [-0.1, -0.05) is 39.3 Å². The first-order chi connectivity index (χ1) is 10.9. The molecule has 1 heteroatoms. The lowest BCUT2D eigenvalue weighted by Gasteiger charge is -2.27. The van der Waals surface area contributed by atoms with Crippen LogP contribution in [0.3, 0.4) is 0 Å². The van der Waals surface area contributed by atoms with Crippen molar-refractivity contribution in [3.63, 3.8) is 0 Å². The highest BCUT2D eigenvalue weighted by molar-refractivity contribution is 5.66. The summed E-state index contributed by atoms with van der Waals surface area (Å²) < 4.78 is 0. The van der Waals surface area contributed by atoms with Crippen LogP contribution in [0.4, 0.5) is 11.4 Å². The third-order valence-electron chi connectivity index (χ3n) is 4.60. The molecular weight excluding hydrogens is 278 g/mol. The number of anilines is 2. The summed E-state index contributed by atoms with van der Waals surface area (Å²) in [4.78, 5) is 2.48. The van der Waals surface area contributed by atoms with Crippen LogP contribution < -0.4 is 4.90 Å². The SMILES string of the molecule is CCCCN(c1cc(C)cc(C(C)C)c1)c1ccc(C)c(C)c1. The second-order valence-electron chi connectivity index (χ2n) is 7.03. The Labute approximate surface area is 142 Å². The van der Waals surface area contributed by atoms with Gasteiger partial charge in [0.1, 0.15) is 0 Å². The summed E-state index contributed by atoms with van der Waals surface area (Å²) in [7, 11) is 0. The van der Waals surface area contributed by atoms with Crippen molar-refractivity contribution in [2.75, 3.05) is 11.4 Å². The number of benzene rings is 2. The van der Waals surface area contributed by atoms with Gasteiger partial charge in [-0.05, 0) is 79.6 Å². The Bertz CT molecular complexity index is 655. The minimum Gasteiger partial charge on any atom is -0.341 e. The van der Waals surface area contributed by atoms with Crippen LogP contribution in [0.1, 0.15) is 61.8 Å². The van der Waals surface area contributed by atoms with Crippen molar-refractivity contribution in [2.45, 2.75) is 60.3 Å². The quantitative estimate of drug-likeness (QED) is 0.575. The Morgan fingerprint density at radius 3 is 2.22 bits per heavy atom. The average molecular weight is 309 g/mol. The van der Waals surface area contributed by atoms with Crippen LogP contribution in [-0.2, 0) is 0 Å². The summed E-state index contributed by atoms with van der Waals surface area (Å²) in [6.07, 6.45) is 2.42. The summed E-state index contributed by atoms with van der Waals surface area (Å²) in [6, 6.07) is 13.8. The summed E-state index contributed by atoms with van der Waals surface area (Å²) >= 11 is 0. The van der Waals surface area contributed by atoms with Gasteiger partial charge >= 0.3 is 0 Å². The molecule has 23 heavy (non-hydrogen) atoms. The number of hydrogen-bond acceptors (Lipinski definition) is 1. The Morgan fingerprint density at radius 1 is 0.870 bits per heavy atom. The molecule has 0 saturated carbocycles. The molecule has 0 amide bonds. The van der Waals surface area contributed by atoms with Crippen molar-refractivity contribution < 1.29 is 0 Å². The molecule has 1 nitrogen and oxygen atoms in total. The van der Waals surface area contributed by atoms with E-state index >= 15 is 0 Å². The summed E-state index contributed by atoms with van der Waals surface area (Å²) in [6.45, 7) is 14.4. The van der Waals surface area contributed by atoms with E-state index < -0.39 is 0 Å². The largest absolute Gasteiger partial charge is 0.341 e. The van der Waals surface area contributed by atoms with E-state index in [0.29, 0.717) is 5.92 Å². The van der Waals surface area contributed by atoms with E-state index in [2.05, 4.69) is 82.8 Å². The van der Waals surface area contributed by atoms with E-state index in [1.165, 1.54) is 46.5 Å². The topological polar surface area (TPSA) is 3.24 Å². The first-order valence-corrected chi connectivity index (χ1v) is 8.88. The minimum atomic E-state index is 0.557. The van der Waals surface area contributed by atoms with Crippen molar-refractivity contribution in [3.05, 3.63) is 58.7 Å². The van der Waals surface area contributed by atoms with E-state index in [4.69, 9.17) is 0 Å². The maximum atomic E-state index is 2.48. The smallest absolute Gasteiger partial charge is 0.0416 e. The molecule has 0 atom stereocenters. The molecule has 0 fully saturated rings. The summed E-state index contributed by atoms with van der Waals surface area (Å²) in [5.41, 5.74) is 8.12. The van der Waals surface area contributed by atoms with E-state index in [-0.39, 0.29) is 0 Å². The van der Waals surface area contributed by atoms with E-state index in [9.17, 15) is 0 Å². The van der Waals surface area contributed by atoms with Crippen molar-refractivity contribution in [2.24, 2.45) is 0 Å². The predicted octanol–water partition coefficient (Wildman–Crippen LogP) is 6.67. The van der Waals surface area contributed by atoms with Gasteiger partial charge in [0.05, 0.1) is 0 Å². The highest BCUT2D eigenvalue weighted by atomic mass is 15.1. The highest BCUT2D eigenvalue weighted by Crippen LogP contribution is 2.31. The van der Waals surface area contributed by atoms with Gasteiger partial charge in [0.25, 0.3) is 0 Å². The van der Waals surface area contributed by atoms with Crippen LogP contribution in [0, 0.1) is 20.8 Å². The lowest BCUT2D eigenvalue weighted by atomic mass is 9.99. The van der Waals surface area contributed by atoms with Gasteiger partial charge in [-0.3, -0.25) is 0 Å². The minimum absolute atomic E-state index is 0.557. The molecule has 0 radical (unpaired) electrons. The number of nitrogens with zero attached hydrogens (tertiary/aromatic N) is 1. The standard InChI is InChI=1S/C22H31N/c1-7-8-11-23(21-10-9-18(5)19(6)14-21)22-13-17(4)12-20(15-22)16(2)3/h9-10,12-16H,7-8,11H2,1-6H3. The molecule has 0 bridgehead atoms. The maximum Gasteiger partial charge on any atom is 0.0416 e. The molecule has 2 aromatic rings. The predicted molar refractivity (Wildman–Crippen MR) is 103 cm³/mol. The fraction of sp³-hybridized carbons (Fsp3) is 0.455. The van der Waals surface area contributed by atoms with Crippen LogP contribution in [0.5, 0.6) is 0 Å². The van der Waals surface area contributed by atoms with Gasteiger partial charge < -0.3 is 4.90 Å². The highest BCUT2D eigenvalue weighted by Gasteiger charge is 2.12. The second-order valence-corrected chi connectivity index (χ2v) is 7.03. The lowest BCUT2D eigenvalue weighted by Crippen LogP contribution is -2.19. The molecule has 2 aromatic carbocycles. The van der Waals surface area contributed by atoms with Crippen molar-refractivity contribution in [1.82, 2.24) is 0 Å². The van der Waals surface area contributed by atoms with Gasteiger partial charge in [0.15, 0.2) is 0 Å². The van der Waals surface area contributed by atoms with Crippen LogP contribution in [0.25, 0.3) is 0 Å². The van der Waals surface area contributed by atoms with E-state index in [0.717, 1.165) is 6.54 Å². The fourth-order valence-corrected chi connectivity index (χ4v) is 2.90. The normalized spacial score (nSPS) is 11.1. The zero-order valence-corrected chi connectivity index (χ0v) is 15.6. The first-order valence-electron chi connectivity index (χ1n) is 8.88. The Kier molecular flexibility index (Phi) is 5.87. The van der Waals surface area contributed by atoms with Crippen LogP contribution >= 0.6 is 0 Å². The van der Waals surface area contributed by atoms with Gasteiger partial charge in [-0.15, -0.1) is 0 Å². The first kappa shape index (κ1) is 17.6. The van der Waals surface area contributed by atoms with E-state index in [1.54, 1.807) is 0 Å². The molecule has 0 aromatic heterocycles. The zero-order valence-electron chi connectivity index (χ0n) is 15.6. The second kappa shape index (κ2) is 7.68. The van der Waals surface area contributed by atoms with Crippen LogP contribution in [-0.4, -0.2) is 6.54 Å². The van der Waals surface area contributed by atoms with Gasteiger partial charge in [-0.2, -0.15) is 0 Å². The number of unbranched alkanes of at least 4 members (excludes halogenated alkanes) is 1. The molecule has 124 valence electrons. The monoisotopic (exact) mass is 309 g/mol. The van der Waals surface area contributed by atoms with Crippen molar-refractivity contribution in [3.8, 4) is 0 Å². The van der Waals surface area contributed by atoms with Crippen LogP contribution in [0.2, 0.25) is 0 Å². The summed E-state index contributed by atoms with van der Waals surface area (Å²) in [5.74, 6) is 0.557. The third kappa shape index (κ3) is 4.37. The molecule has 0 aliphatic heterocycles. The van der Waals surface area contributed by atoms with Crippen molar-refractivity contribution >= 4 is 11.4 Å². The van der Waals surface area contributed by atoms with E-state index in [1.807, 2.05) is 0 Å².